The first-order valence-electron chi connectivity index (χ1n) is 6.14. The average Bonchev–Trinajstić information content (AvgIpc) is 2.70. The number of nitrogens with two attached hydrogens (primary N) is 1. The van der Waals surface area contributed by atoms with E-state index >= 15 is 0 Å². The van der Waals surface area contributed by atoms with Crippen molar-refractivity contribution in [3.8, 4) is 5.69 Å². The second-order valence-corrected chi connectivity index (χ2v) is 5.62. The third kappa shape index (κ3) is 2.29. The van der Waals surface area contributed by atoms with Crippen molar-refractivity contribution in [1.82, 2.24) is 14.8 Å². The quantitative estimate of drug-likeness (QED) is 0.883. The standard InChI is InChI=1S/C14H20N4/c1-10-16-17-13(12(15)14(2,3)4)18(10)11-8-6-5-7-9-11/h5-9,12H,15H2,1-4H3/t12-/m1/s1. The highest BCUT2D eigenvalue weighted by Gasteiger charge is 2.28. The van der Waals surface area contributed by atoms with Crippen LogP contribution in [0.15, 0.2) is 30.3 Å². The first-order chi connectivity index (χ1) is 8.41. The smallest absolute Gasteiger partial charge is 0.155 e. The number of hydrogen-bond donors (Lipinski definition) is 1. The number of aryl methyl sites for hydroxylation is 1. The van der Waals surface area contributed by atoms with Gasteiger partial charge in [0.05, 0.1) is 6.04 Å². The fourth-order valence-electron chi connectivity index (χ4n) is 1.86. The molecule has 4 heteroatoms. The van der Waals surface area contributed by atoms with Gasteiger partial charge in [0.25, 0.3) is 0 Å². The van der Waals surface area contributed by atoms with Crippen LogP contribution in [-0.2, 0) is 0 Å². The average molecular weight is 244 g/mol. The van der Waals surface area contributed by atoms with Crippen molar-refractivity contribution in [2.45, 2.75) is 33.7 Å². The van der Waals surface area contributed by atoms with Crippen molar-refractivity contribution in [2.75, 3.05) is 0 Å². The zero-order valence-corrected chi connectivity index (χ0v) is 11.4. The molecule has 96 valence electrons. The summed E-state index contributed by atoms with van der Waals surface area (Å²) >= 11 is 0. The third-order valence-corrected chi connectivity index (χ3v) is 3.08. The first kappa shape index (κ1) is 12.8. The topological polar surface area (TPSA) is 56.7 Å². The summed E-state index contributed by atoms with van der Waals surface area (Å²) < 4.78 is 2.02. The minimum Gasteiger partial charge on any atom is -0.321 e. The van der Waals surface area contributed by atoms with E-state index < -0.39 is 0 Å². The molecule has 0 bridgehead atoms. The van der Waals surface area contributed by atoms with E-state index in [0.717, 1.165) is 17.3 Å². The van der Waals surface area contributed by atoms with E-state index in [1.54, 1.807) is 0 Å². The summed E-state index contributed by atoms with van der Waals surface area (Å²) in [5.41, 5.74) is 7.30. The first-order valence-corrected chi connectivity index (χ1v) is 6.14. The number of rotatable bonds is 2. The molecule has 0 unspecified atom stereocenters. The predicted molar refractivity (Wildman–Crippen MR) is 72.5 cm³/mol. The Morgan fingerprint density at radius 2 is 1.72 bits per heavy atom. The predicted octanol–water partition coefficient (Wildman–Crippen LogP) is 2.62. The lowest BCUT2D eigenvalue weighted by Gasteiger charge is -2.26. The molecule has 0 aliphatic heterocycles. The molecule has 2 N–H and O–H groups in total. The number of para-hydroxylation sites is 1. The van der Waals surface area contributed by atoms with Crippen molar-refractivity contribution < 1.29 is 0 Å². The SMILES string of the molecule is Cc1nnc([C@@H](N)C(C)(C)C)n1-c1ccccc1. The lowest BCUT2D eigenvalue weighted by molar-refractivity contribution is 0.312. The van der Waals surface area contributed by atoms with E-state index in [1.807, 2.05) is 41.8 Å². The van der Waals surface area contributed by atoms with Crippen molar-refractivity contribution >= 4 is 0 Å². The summed E-state index contributed by atoms with van der Waals surface area (Å²) in [6.07, 6.45) is 0. The molecule has 0 saturated heterocycles. The normalized spacial score (nSPS) is 13.6. The monoisotopic (exact) mass is 244 g/mol. The summed E-state index contributed by atoms with van der Waals surface area (Å²) in [5, 5.41) is 8.41. The van der Waals surface area contributed by atoms with E-state index in [4.69, 9.17) is 5.73 Å². The van der Waals surface area contributed by atoms with Gasteiger partial charge in [-0.15, -0.1) is 10.2 Å². The Balaban J connectivity index is 2.53. The van der Waals surface area contributed by atoms with Crippen LogP contribution in [0.4, 0.5) is 0 Å². The summed E-state index contributed by atoms with van der Waals surface area (Å²) in [5.74, 6) is 1.67. The zero-order chi connectivity index (χ0) is 13.3. The highest BCUT2D eigenvalue weighted by Crippen LogP contribution is 2.30. The molecule has 4 nitrogen and oxygen atoms in total. The van der Waals surface area contributed by atoms with Crippen LogP contribution >= 0.6 is 0 Å². The molecule has 1 aromatic carbocycles. The van der Waals surface area contributed by atoms with Gasteiger partial charge in [0.15, 0.2) is 5.82 Å². The van der Waals surface area contributed by atoms with Crippen LogP contribution in [0.3, 0.4) is 0 Å². The van der Waals surface area contributed by atoms with Crippen LogP contribution in [0, 0.1) is 12.3 Å². The lowest BCUT2D eigenvalue weighted by atomic mass is 9.87. The van der Waals surface area contributed by atoms with Gasteiger partial charge in [0.1, 0.15) is 5.82 Å². The number of aromatic nitrogens is 3. The molecule has 0 aliphatic rings. The molecule has 1 aromatic heterocycles. The van der Waals surface area contributed by atoms with Crippen molar-refractivity contribution in [3.63, 3.8) is 0 Å². The Hall–Kier alpha value is -1.68. The van der Waals surface area contributed by atoms with Gasteiger partial charge in [0.2, 0.25) is 0 Å². The van der Waals surface area contributed by atoms with E-state index in [9.17, 15) is 0 Å². The minimum absolute atomic E-state index is 0.0496. The highest BCUT2D eigenvalue weighted by molar-refractivity contribution is 5.34. The highest BCUT2D eigenvalue weighted by atomic mass is 15.3. The van der Waals surface area contributed by atoms with E-state index in [1.165, 1.54) is 0 Å². The number of hydrogen-bond acceptors (Lipinski definition) is 3. The van der Waals surface area contributed by atoms with Crippen LogP contribution in [0.2, 0.25) is 0 Å². The van der Waals surface area contributed by atoms with Crippen LogP contribution in [0.5, 0.6) is 0 Å². The van der Waals surface area contributed by atoms with E-state index in [-0.39, 0.29) is 11.5 Å². The van der Waals surface area contributed by atoms with E-state index in [0.29, 0.717) is 0 Å². The van der Waals surface area contributed by atoms with Gasteiger partial charge >= 0.3 is 0 Å². The Labute approximate surface area is 108 Å². The molecule has 2 rings (SSSR count). The molecule has 0 saturated carbocycles. The molecule has 2 aromatic rings. The molecule has 0 amide bonds. The third-order valence-electron chi connectivity index (χ3n) is 3.08. The second-order valence-electron chi connectivity index (χ2n) is 5.62. The largest absolute Gasteiger partial charge is 0.321 e. The van der Waals surface area contributed by atoms with Gasteiger partial charge in [-0.05, 0) is 24.5 Å². The molecule has 0 fully saturated rings. The zero-order valence-electron chi connectivity index (χ0n) is 11.4. The fourth-order valence-corrected chi connectivity index (χ4v) is 1.86. The van der Waals surface area contributed by atoms with Gasteiger partial charge in [-0.3, -0.25) is 4.57 Å². The Morgan fingerprint density at radius 3 is 2.28 bits per heavy atom. The Bertz CT molecular complexity index is 522. The molecule has 18 heavy (non-hydrogen) atoms. The van der Waals surface area contributed by atoms with Gasteiger partial charge in [-0.25, -0.2) is 0 Å². The van der Waals surface area contributed by atoms with Gasteiger partial charge < -0.3 is 5.73 Å². The van der Waals surface area contributed by atoms with Gasteiger partial charge in [-0.1, -0.05) is 39.0 Å². The minimum atomic E-state index is -0.154. The van der Waals surface area contributed by atoms with E-state index in [2.05, 4.69) is 31.0 Å². The fraction of sp³-hybridized carbons (Fsp3) is 0.429. The molecule has 1 heterocycles. The Morgan fingerprint density at radius 1 is 1.11 bits per heavy atom. The van der Waals surface area contributed by atoms with Gasteiger partial charge in [-0.2, -0.15) is 0 Å². The maximum absolute atomic E-state index is 6.30. The maximum Gasteiger partial charge on any atom is 0.155 e. The number of nitrogens with zero attached hydrogens (tertiary/aromatic N) is 3. The second kappa shape index (κ2) is 4.53. The van der Waals surface area contributed by atoms with Crippen LogP contribution < -0.4 is 5.73 Å². The summed E-state index contributed by atoms with van der Waals surface area (Å²) in [7, 11) is 0. The summed E-state index contributed by atoms with van der Waals surface area (Å²) in [4.78, 5) is 0. The summed E-state index contributed by atoms with van der Waals surface area (Å²) in [6.45, 7) is 8.27. The molecular formula is C14H20N4. The Kier molecular flexibility index (Phi) is 3.22. The maximum atomic E-state index is 6.30. The molecule has 1 atom stereocenters. The van der Waals surface area contributed by atoms with Crippen LogP contribution in [-0.4, -0.2) is 14.8 Å². The van der Waals surface area contributed by atoms with Crippen molar-refractivity contribution in [2.24, 2.45) is 11.1 Å². The molecule has 0 aliphatic carbocycles. The number of benzene rings is 1. The van der Waals surface area contributed by atoms with Gasteiger partial charge in [0, 0.05) is 5.69 Å². The molecule has 0 spiro atoms. The van der Waals surface area contributed by atoms with Crippen molar-refractivity contribution in [1.29, 1.82) is 0 Å². The molecule has 0 radical (unpaired) electrons. The van der Waals surface area contributed by atoms with Crippen LogP contribution in [0.25, 0.3) is 5.69 Å². The van der Waals surface area contributed by atoms with Crippen LogP contribution in [0.1, 0.15) is 38.5 Å². The molecular weight excluding hydrogens is 224 g/mol. The van der Waals surface area contributed by atoms with Crippen molar-refractivity contribution in [3.05, 3.63) is 42.0 Å². The lowest BCUT2D eigenvalue weighted by Crippen LogP contribution is -2.29. The summed E-state index contributed by atoms with van der Waals surface area (Å²) in [6, 6.07) is 9.92.